The summed E-state index contributed by atoms with van der Waals surface area (Å²) in [5.41, 5.74) is 5.36. The van der Waals surface area contributed by atoms with E-state index in [0.29, 0.717) is 6.61 Å². The van der Waals surface area contributed by atoms with Crippen molar-refractivity contribution in [1.29, 1.82) is 0 Å². The molecule has 4 nitrogen and oxygen atoms in total. The third-order valence-corrected chi connectivity index (χ3v) is 2.55. The van der Waals surface area contributed by atoms with Gasteiger partial charge < -0.3 is 20.0 Å². The second-order valence-electron chi connectivity index (χ2n) is 2.27. The lowest BCUT2D eigenvalue weighted by Gasteiger charge is -2.22. The van der Waals surface area contributed by atoms with Gasteiger partial charge in [0, 0.05) is 6.61 Å². The second-order valence-corrected chi connectivity index (χ2v) is 4.83. The highest BCUT2D eigenvalue weighted by Gasteiger charge is 2.27. The lowest BCUT2D eigenvalue weighted by atomic mass is 10.7. The molecule has 0 rings (SSSR count). The van der Waals surface area contributed by atoms with Gasteiger partial charge >= 0.3 is 8.72 Å². The van der Waals surface area contributed by atoms with E-state index in [1.807, 2.05) is 6.92 Å². The fourth-order valence-corrected chi connectivity index (χ4v) is 2.07. The summed E-state index contributed by atoms with van der Waals surface area (Å²) in [5, 5.41) is 5.64. The number of rotatable bonds is 4. The molecule has 0 spiro atoms. The van der Waals surface area contributed by atoms with Crippen molar-refractivity contribution >= 4 is 8.72 Å². The summed E-state index contributed by atoms with van der Waals surface area (Å²) in [6.45, 7) is 5.95. The van der Waals surface area contributed by atoms with Crippen LogP contribution in [-0.4, -0.2) is 21.6 Å². The summed E-state index contributed by atoms with van der Waals surface area (Å²) in [6, 6.07) is 0. The Morgan fingerprint density at radius 3 is 2.40 bits per heavy atom. The summed E-state index contributed by atoms with van der Waals surface area (Å²) in [5.74, 6) is 0. The van der Waals surface area contributed by atoms with E-state index in [1.54, 1.807) is 13.5 Å². The highest BCUT2D eigenvalue weighted by atomic mass is 28.4. The van der Waals surface area contributed by atoms with E-state index in [9.17, 15) is 0 Å². The van der Waals surface area contributed by atoms with Crippen LogP contribution in [0.4, 0.5) is 0 Å². The fraction of sp³-hybridized carbons (Fsp3) is 1.00. The van der Waals surface area contributed by atoms with Crippen molar-refractivity contribution in [2.45, 2.75) is 26.6 Å². The van der Waals surface area contributed by atoms with Gasteiger partial charge in [0.1, 0.15) is 0 Å². The van der Waals surface area contributed by atoms with Gasteiger partial charge in [0.2, 0.25) is 0 Å². The lowest BCUT2D eigenvalue weighted by Crippen LogP contribution is -2.52. The van der Waals surface area contributed by atoms with Gasteiger partial charge in [0.15, 0.2) is 0 Å². The molecule has 2 unspecified atom stereocenters. The Hall–Kier alpha value is 0.0569. The average Bonchev–Trinajstić information content (AvgIpc) is 1.59. The van der Waals surface area contributed by atoms with Crippen molar-refractivity contribution < 1.29 is 8.85 Å². The summed E-state index contributed by atoms with van der Waals surface area (Å²) in [6.07, 6.45) is -0.340. The summed E-state index contributed by atoms with van der Waals surface area (Å²) < 4.78 is 10.3. The molecule has 0 aliphatic rings. The first kappa shape index (κ1) is 10.1. The van der Waals surface area contributed by atoms with Crippen LogP contribution in [0.3, 0.4) is 0 Å². The Morgan fingerprint density at radius 2 is 2.10 bits per heavy atom. The maximum absolute atomic E-state index is 5.64. The first-order valence-corrected chi connectivity index (χ1v) is 5.73. The molecule has 2 atom stereocenters. The van der Waals surface area contributed by atoms with E-state index >= 15 is 0 Å². The van der Waals surface area contributed by atoms with E-state index in [0.717, 1.165) is 0 Å². The van der Waals surface area contributed by atoms with Gasteiger partial charge in [-0.25, -0.2) is 0 Å². The maximum atomic E-state index is 5.64. The molecular weight excluding hydrogens is 148 g/mol. The lowest BCUT2D eigenvalue weighted by molar-refractivity contribution is 0.135. The molecule has 0 aromatic carbocycles. The Balaban J connectivity index is 3.63. The van der Waals surface area contributed by atoms with Gasteiger partial charge in [0.25, 0.3) is 0 Å². The van der Waals surface area contributed by atoms with Crippen molar-refractivity contribution in [1.82, 2.24) is 0 Å². The standard InChI is InChI=1S/C5H16N2O2Si/c1-4-8-10(3,7)9-5(2)6/h5H,4,6-7H2,1-3H3. The Bertz CT molecular complexity index is 97.6. The van der Waals surface area contributed by atoms with Crippen LogP contribution in [0.2, 0.25) is 6.55 Å². The van der Waals surface area contributed by atoms with Crippen molar-refractivity contribution in [2.75, 3.05) is 6.61 Å². The molecule has 0 saturated carbocycles. The van der Waals surface area contributed by atoms with Gasteiger partial charge in [0.05, 0.1) is 6.23 Å². The third-order valence-electron chi connectivity index (χ3n) is 0.851. The molecule has 0 aromatic rings. The number of hydrogen-bond acceptors (Lipinski definition) is 4. The van der Waals surface area contributed by atoms with Gasteiger partial charge in [-0.2, -0.15) is 0 Å². The van der Waals surface area contributed by atoms with Crippen LogP contribution in [0.5, 0.6) is 0 Å². The second kappa shape index (κ2) is 4.04. The zero-order chi connectivity index (χ0) is 8.20. The van der Waals surface area contributed by atoms with E-state index in [-0.39, 0.29) is 6.23 Å². The van der Waals surface area contributed by atoms with Crippen molar-refractivity contribution in [3.63, 3.8) is 0 Å². The van der Waals surface area contributed by atoms with E-state index in [4.69, 9.17) is 20.0 Å². The summed E-state index contributed by atoms with van der Waals surface area (Å²) in [4.78, 5) is 0. The number of hydrogen-bond donors (Lipinski definition) is 2. The van der Waals surface area contributed by atoms with Crippen LogP contribution in [0.15, 0.2) is 0 Å². The monoisotopic (exact) mass is 164 g/mol. The van der Waals surface area contributed by atoms with Crippen molar-refractivity contribution in [3.8, 4) is 0 Å². The Labute approximate surface area is 62.8 Å². The number of nitrogens with two attached hydrogens (primary N) is 2. The molecule has 5 heteroatoms. The molecule has 0 fully saturated rings. The van der Waals surface area contributed by atoms with Crippen molar-refractivity contribution in [3.05, 3.63) is 0 Å². The van der Waals surface area contributed by atoms with Crippen LogP contribution in [0.1, 0.15) is 13.8 Å². The molecule has 0 aromatic heterocycles. The third kappa shape index (κ3) is 4.89. The molecule has 10 heavy (non-hydrogen) atoms. The predicted molar refractivity (Wildman–Crippen MR) is 42.2 cm³/mol. The zero-order valence-corrected chi connectivity index (χ0v) is 7.76. The smallest absolute Gasteiger partial charge is 0.383 e. The van der Waals surface area contributed by atoms with Crippen LogP contribution in [-0.2, 0) is 8.85 Å². The molecule has 62 valence electrons. The molecule has 0 heterocycles. The molecule has 0 saturated heterocycles. The van der Waals surface area contributed by atoms with Crippen LogP contribution >= 0.6 is 0 Å². The largest absolute Gasteiger partial charge is 0.420 e. The maximum Gasteiger partial charge on any atom is 0.420 e. The molecule has 0 amide bonds. The molecule has 0 aliphatic carbocycles. The fourth-order valence-electron chi connectivity index (χ4n) is 0.690. The molecule has 0 bridgehead atoms. The molecular formula is C5H16N2O2Si. The normalized spacial score (nSPS) is 20.1. The van der Waals surface area contributed by atoms with E-state index < -0.39 is 8.72 Å². The minimum Gasteiger partial charge on any atom is -0.383 e. The molecule has 0 aliphatic heterocycles. The Morgan fingerprint density at radius 1 is 1.60 bits per heavy atom. The summed E-state index contributed by atoms with van der Waals surface area (Å²) in [7, 11) is -2.39. The van der Waals surface area contributed by atoms with E-state index in [1.165, 1.54) is 0 Å². The quantitative estimate of drug-likeness (QED) is 0.448. The highest BCUT2D eigenvalue weighted by Crippen LogP contribution is 1.99. The van der Waals surface area contributed by atoms with E-state index in [2.05, 4.69) is 0 Å². The van der Waals surface area contributed by atoms with Gasteiger partial charge in [-0.1, -0.05) is 0 Å². The van der Waals surface area contributed by atoms with Gasteiger partial charge in [-0.3, -0.25) is 0 Å². The summed E-state index contributed by atoms with van der Waals surface area (Å²) >= 11 is 0. The first-order valence-electron chi connectivity index (χ1n) is 3.34. The molecule has 4 N–H and O–H groups in total. The minimum atomic E-state index is -2.39. The first-order chi connectivity index (χ1) is 4.48. The van der Waals surface area contributed by atoms with Crippen LogP contribution in [0, 0.1) is 0 Å². The molecule has 0 radical (unpaired) electrons. The predicted octanol–water partition coefficient (Wildman–Crippen LogP) is -0.128. The van der Waals surface area contributed by atoms with Gasteiger partial charge in [-0.15, -0.1) is 0 Å². The average molecular weight is 164 g/mol. The SMILES string of the molecule is CCO[Si](C)(N)OC(C)N. The van der Waals surface area contributed by atoms with Crippen molar-refractivity contribution in [2.24, 2.45) is 11.1 Å². The minimum absolute atomic E-state index is 0.340. The van der Waals surface area contributed by atoms with Crippen LogP contribution < -0.4 is 11.1 Å². The van der Waals surface area contributed by atoms with Gasteiger partial charge in [-0.05, 0) is 20.4 Å². The highest BCUT2D eigenvalue weighted by molar-refractivity contribution is 6.62. The zero-order valence-electron chi connectivity index (χ0n) is 6.76. The topological polar surface area (TPSA) is 70.5 Å². The van der Waals surface area contributed by atoms with Crippen LogP contribution in [0.25, 0.3) is 0 Å². The Kier molecular flexibility index (Phi) is 4.07.